The Morgan fingerprint density at radius 2 is 1.88 bits per heavy atom. The molecular formula is C19H23NO6. The van der Waals surface area contributed by atoms with Gasteiger partial charge < -0.3 is 19.1 Å². The van der Waals surface area contributed by atoms with Gasteiger partial charge in [-0.15, -0.1) is 0 Å². The molecule has 1 amide bonds. The lowest BCUT2D eigenvalue weighted by Gasteiger charge is -2.48. The Labute approximate surface area is 152 Å². The quantitative estimate of drug-likeness (QED) is 0.409. The number of amides is 1. The average Bonchev–Trinajstić information content (AvgIpc) is 2.84. The number of ketones is 1. The van der Waals surface area contributed by atoms with Gasteiger partial charge in [0.25, 0.3) is 5.91 Å². The van der Waals surface area contributed by atoms with Crippen molar-refractivity contribution >= 4 is 17.7 Å². The predicted molar refractivity (Wildman–Crippen MR) is 91.1 cm³/mol. The number of Topliss-reactive ketones (excluding diaryl/α,β-unsaturated/α-hetero) is 1. The molecule has 2 saturated heterocycles. The highest BCUT2D eigenvalue weighted by Crippen LogP contribution is 2.39. The maximum Gasteiger partial charge on any atom is 0.319 e. The molecule has 2 aliphatic rings. The highest BCUT2D eigenvalue weighted by atomic mass is 16.6. The summed E-state index contributed by atoms with van der Waals surface area (Å²) in [7, 11) is 0. The van der Waals surface area contributed by atoms with E-state index in [2.05, 4.69) is 0 Å². The highest BCUT2D eigenvalue weighted by molar-refractivity contribution is 6.42. The minimum Gasteiger partial charge on any atom is -0.465 e. The van der Waals surface area contributed by atoms with Gasteiger partial charge in [0.2, 0.25) is 5.78 Å². The first-order valence-corrected chi connectivity index (χ1v) is 8.81. The monoisotopic (exact) mass is 361 g/mol. The van der Waals surface area contributed by atoms with Gasteiger partial charge in [0.1, 0.15) is 11.5 Å². The summed E-state index contributed by atoms with van der Waals surface area (Å²) in [5, 5.41) is 0. The number of carbonyl (C=O) groups is 3. The molecule has 26 heavy (non-hydrogen) atoms. The molecule has 7 heteroatoms. The molecular weight excluding hydrogens is 338 g/mol. The van der Waals surface area contributed by atoms with E-state index in [1.165, 1.54) is 4.90 Å². The van der Waals surface area contributed by atoms with Gasteiger partial charge in [-0.3, -0.25) is 14.4 Å². The van der Waals surface area contributed by atoms with E-state index in [4.69, 9.17) is 14.2 Å². The number of nitrogens with zero attached hydrogens (tertiary/aromatic N) is 1. The van der Waals surface area contributed by atoms with Crippen molar-refractivity contribution in [1.29, 1.82) is 0 Å². The number of hydrogen-bond acceptors (Lipinski definition) is 6. The van der Waals surface area contributed by atoms with Gasteiger partial charge in [-0.25, -0.2) is 0 Å². The summed E-state index contributed by atoms with van der Waals surface area (Å²) < 4.78 is 16.3. The Bertz CT molecular complexity index is 685. The van der Waals surface area contributed by atoms with E-state index in [-0.39, 0.29) is 26.4 Å². The van der Waals surface area contributed by atoms with Gasteiger partial charge >= 0.3 is 5.97 Å². The summed E-state index contributed by atoms with van der Waals surface area (Å²) in [6.45, 7) is 4.71. The third kappa shape index (κ3) is 3.12. The second kappa shape index (κ2) is 7.55. The van der Waals surface area contributed by atoms with Crippen LogP contribution in [-0.4, -0.2) is 60.6 Å². The third-order valence-electron chi connectivity index (χ3n) is 4.81. The minimum atomic E-state index is -1.19. The number of likely N-dealkylation sites (tertiary alicyclic amines) is 1. The molecule has 1 aromatic carbocycles. The van der Waals surface area contributed by atoms with Crippen LogP contribution in [0.4, 0.5) is 0 Å². The Hall–Kier alpha value is -2.25. The number of esters is 1. The van der Waals surface area contributed by atoms with E-state index in [0.717, 1.165) is 5.56 Å². The Morgan fingerprint density at radius 3 is 2.42 bits per heavy atom. The van der Waals surface area contributed by atoms with Crippen molar-refractivity contribution in [2.24, 2.45) is 5.92 Å². The molecule has 0 spiro atoms. The van der Waals surface area contributed by atoms with Crippen molar-refractivity contribution in [1.82, 2.24) is 4.90 Å². The molecule has 140 valence electrons. The van der Waals surface area contributed by atoms with Crippen LogP contribution >= 0.6 is 0 Å². The smallest absolute Gasteiger partial charge is 0.319 e. The van der Waals surface area contributed by atoms with Crippen molar-refractivity contribution in [3.05, 3.63) is 35.9 Å². The number of benzene rings is 1. The van der Waals surface area contributed by atoms with Crippen LogP contribution in [0.2, 0.25) is 0 Å². The molecule has 0 saturated carbocycles. The first-order valence-electron chi connectivity index (χ1n) is 8.81. The summed E-state index contributed by atoms with van der Waals surface area (Å²) in [5.74, 6) is -3.29. The maximum atomic E-state index is 12.7. The van der Waals surface area contributed by atoms with Gasteiger partial charge in [-0.05, 0) is 19.4 Å². The van der Waals surface area contributed by atoms with Gasteiger partial charge in [0.05, 0.1) is 25.9 Å². The fourth-order valence-corrected chi connectivity index (χ4v) is 3.66. The number of carbonyl (C=O) groups excluding carboxylic acids is 3. The second-order valence-electron chi connectivity index (χ2n) is 6.45. The first kappa shape index (κ1) is 18.5. The van der Waals surface area contributed by atoms with Gasteiger partial charge in [0.15, 0.2) is 0 Å². The summed E-state index contributed by atoms with van der Waals surface area (Å²) >= 11 is 0. The fourth-order valence-electron chi connectivity index (χ4n) is 3.66. The second-order valence-corrected chi connectivity index (χ2v) is 6.45. The van der Waals surface area contributed by atoms with E-state index in [0.29, 0.717) is 6.61 Å². The molecule has 1 aromatic rings. The zero-order chi connectivity index (χ0) is 18.7. The standard InChI is InChI=1S/C19H23NO6/c1-3-25-18(23)14-15(21)17(22)20(10-13-8-6-5-7-9-13)16(14)19(26-4-2)11-24-12-19/h5-9,14,16H,3-4,10-12H2,1-2H3. The molecule has 0 N–H and O–H groups in total. The van der Waals surface area contributed by atoms with E-state index in [1.807, 2.05) is 37.3 Å². The number of ether oxygens (including phenoxy) is 3. The molecule has 2 fully saturated rings. The van der Waals surface area contributed by atoms with Crippen molar-refractivity contribution in [2.75, 3.05) is 26.4 Å². The molecule has 7 nitrogen and oxygen atoms in total. The van der Waals surface area contributed by atoms with E-state index < -0.39 is 35.2 Å². The normalized spacial score (nSPS) is 24.5. The number of hydrogen-bond donors (Lipinski definition) is 0. The van der Waals surface area contributed by atoms with Crippen molar-refractivity contribution in [3.63, 3.8) is 0 Å². The molecule has 0 radical (unpaired) electrons. The largest absolute Gasteiger partial charge is 0.465 e. The van der Waals surface area contributed by atoms with Crippen LogP contribution < -0.4 is 0 Å². The lowest BCUT2D eigenvalue weighted by atomic mass is 9.82. The Morgan fingerprint density at radius 1 is 1.19 bits per heavy atom. The fraction of sp³-hybridized carbons (Fsp3) is 0.526. The molecule has 2 aliphatic heterocycles. The van der Waals surface area contributed by atoms with Crippen molar-refractivity contribution in [3.8, 4) is 0 Å². The number of rotatable bonds is 7. The van der Waals surface area contributed by atoms with Crippen molar-refractivity contribution < 1.29 is 28.6 Å². The van der Waals surface area contributed by atoms with Crippen LogP contribution in [0.25, 0.3) is 0 Å². The SMILES string of the molecule is CCOC(=O)C1C(=O)C(=O)N(Cc2ccccc2)C1C1(OCC)COC1. The van der Waals surface area contributed by atoms with Crippen LogP contribution in [-0.2, 0) is 35.1 Å². The molecule has 0 aromatic heterocycles. The highest BCUT2D eigenvalue weighted by Gasteiger charge is 2.63. The van der Waals surface area contributed by atoms with Gasteiger partial charge in [-0.1, -0.05) is 30.3 Å². The molecule has 2 atom stereocenters. The summed E-state index contributed by atoms with van der Waals surface area (Å²) in [4.78, 5) is 39.3. The van der Waals surface area contributed by atoms with Crippen LogP contribution in [0.1, 0.15) is 19.4 Å². The summed E-state index contributed by atoms with van der Waals surface area (Å²) in [5.41, 5.74) is -0.00183. The van der Waals surface area contributed by atoms with Crippen LogP contribution in [0, 0.1) is 5.92 Å². The third-order valence-corrected chi connectivity index (χ3v) is 4.81. The topological polar surface area (TPSA) is 82.1 Å². The van der Waals surface area contributed by atoms with Crippen LogP contribution in [0.5, 0.6) is 0 Å². The van der Waals surface area contributed by atoms with Gasteiger partial charge in [0, 0.05) is 13.2 Å². The minimum absolute atomic E-state index is 0.139. The lowest BCUT2D eigenvalue weighted by molar-refractivity contribution is -0.240. The van der Waals surface area contributed by atoms with E-state index in [9.17, 15) is 14.4 Å². The Balaban J connectivity index is 1.98. The molecule has 2 unspecified atom stereocenters. The first-order chi connectivity index (χ1) is 12.5. The van der Waals surface area contributed by atoms with Crippen LogP contribution in [0.15, 0.2) is 30.3 Å². The summed E-state index contributed by atoms with van der Waals surface area (Å²) in [6.07, 6.45) is 0. The average molecular weight is 361 g/mol. The predicted octanol–water partition coefficient (Wildman–Crippen LogP) is 0.951. The molecule has 0 aliphatic carbocycles. The molecule has 3 rings (SSSR count). The van der Waals surface area contributed by atoms with E-state index in [1.54, 1.807) is 6.92 Å². The van der Waals surface area contributed by atoms with Crippen molar-refractivity contribution in [2.45, 2.75) is 32.0 Å². The Kier molecular flexibility index (Phi) is 5.38. The maximum absolute atomic E-state index is 12.7. The molecule has 2 heterocycles. The zero-order valence-electron chi connectivity index (χ0n) is 15.0. The zero-order valence-corrected chi connectivity index (χ0v) is 15.0. The van der Waals surface area contributed by atoms with E-state index >= 15 is 0 Å². The summed E-state index contributed by atoms with van der Waals surface area (Å²) in [6, 6.07) is 8.60. The lowest BCUT2D eigenvalue weighted by Crippen LogP contribution is -2.66. The van der Waals surface area contributed by atoms with Crippen LogP contribution in [0.3, 0.4) is 0 Å². The van der Waals surface area contributed by atoms with Gasteiger partial charge in [-0.2, -0.15) is 0 Å². The molecule has 0 bridgehead atoms.